The zero-order valence-corrected chi connectivity index (χ0v) is 27.2. The first-order valence-electron chi connectivity index (χ1n) is 14.9. The van der Waals surface area contributed by atoms with E-state index in [4.69, 9.17) is 21.3 Å². The van der Waals surface area contributed by atoms with Gasteiger partial charge in [-0.2, -0.15) is 0 Å². The summed E-state index contributed by atoms with van der Waals surface area (Å²) in [6.07, 6.45) is 9.61. The number of ether oxygens (including phenoxy) is 1. The van der Waals surface area contributed by atoms with Gasteiger partial charge in [-0.15, -0.1) is 0 Å². The Bertz CT molecular complexity index is 1150. The molecule has 1 N–H and O–H groups in total. The van der Waals surface area contributed by atoms with Crippen molar-refractivity contribution in [2.24, 2.45) is 10.9 Å². The maximum atomic E-state index is 6.46. The van der Waals surface area contributed by atoms with Crippen molar-refractivity contribution in [2.45, 2.75) is 92.6 Å². The number of aliphatic imine (C=N–C) groups is 1. The predicted molar refractivity (Wildman–Crippen MR) is 177 cm³/mol. The second kappa shape index (κ2) is 16.9. The summed E-state index contributed by atoms with van der Waals surface area (Å²) in [6.45, 7) is 27.0. The Balaban J connectivity index is 2.68. The van der Waals surface area contributed by atoms with Crippen molar-refractivity contribution in [3.8, 4) is 0 Å². The fourth-order valence-corrected chi connectivity index (χ4v) is 5.40. The molecule has 220 valence electrons. The van der Waals surface area contributed by atoms with Gasteiger partial charge in [0, 0.05) is 29.3 Å². The molecule has 1 aliphatic rings. The number of hydrogen-bond acceptors (Lipinski definition) is 3. The summed E-state index contributed by atoms with van der Waals surface area (Å²) in [6, 6.07) is 6.19. The fraction of sp³-hybridized carbons (Fsp3) is 0.528. The second-order valence-corrected chi connectivity index (χ2v) is 12.3. The summed E-state index contributed by atoms with van der Waals surface area (Å²) < 4.78 is 5.97. The predicted octanol–water partition coefficient (Wildman–Crippen LogP) is 9.74. The lowest BCUT2D eigenvalue weighted by atomic mass is 9.81. The Morgan fingerprint density at radius 2 is 1.95 bits per heavy atom. The summed E-state index contributed by atoms with van der Waals surface area (Å²) in [5, 5.41) is 4.33. The van der Waals surface area contributed by atoms with Crippen molar-refractivity contribution in [3.05, 3.63) is 93.1 Å². The van der Waals surface area contributed by atoms with E-state index in [1.54, 1.807) is 0 Å². The number of allylic oxidation sites excluding steroid dienone is 6. The van der Waals surface area contributed by atoms with Crippen LogP contribution in [0.5, 0.6) is 0 Å². The van der Waals surface area contributed by atoms with Crippen molar-refractivity contribution in [3.63, 3.8) is 0 Å². The number of hydrogen-bond donors (Lipinski definition) is 1. The molecule has 2 unspecified atom stereocenters. The van der Waals surface area contributed by atoms with Crippen LogP contribution in [-0.2, 0) is 4.74 Å². The Morgan fingerprint density at radius 1 is 1.23 bits per heavy atom. The van der Waals surface area contributed by atoms with E-state index in [-0.39, 0.29) is 12.0 Å². The molecule has 0 bridgehead atoms. The number of halogens is 1. The third-order valence-corrected chi connectivity index (χ3v) is 7.88. The zero-order valence-electron chi connectivity index (χ0n) is 26.4. The van der Waals surface area contributed by atoms with Crippen LogP contribution in [0, 0.1) is 12.8 Å². The molecule has 2 rings (SSSR count). The van der Waals surface area contributed by atoms with Crippen LogP contribution in [0.4, 0.5) is 0 Å². The highest BCUT2D eigenvalue weighted by Gasteiger charge is 2.22. The van der Waals surface area contributed by atoms with E-state index in [9.17, 15) is 0 Å². The first kappa shape index (κ1) is 34.0. The minimum absolute atomic E-state index is 0.170. The maximum Gasteiger partial charge on any atom is 0.0550 e. The van der Waals surface area contributed by atoms with Gasteiger partial charge in [-0.1, -0.05) is 74.9 Å². The Kier molecular flexibility index (Phi) is 14.4. The van der Waals surface area contributed by atoms with Crippen LogP contribution in [0.25, 0.3) is 0 Å². The summed E-state index contributed by atoms with van der Waals surface area (Å²) in [4.78, 5) is 4.74. The molecule has 0 saturated heterocycles. The van der Waals surface area contributed by atoms with Gasteiger partial charge in [0.05, 0.1) is 12.7 Å². The third-order valence-electron chi connectivity index (χ3n) is 7.64. The molecular formula is C36H53ClN2O. The first-order valence-corrected chi connectivity index (χ1v) is 15.3. The van der Waals surface area contributed by atoms with Crippen LogP contribution >= 0.6 is 11.6 Å². The van der Waals surface area contributed by atoms with Crippen molar-refractivity contribution in [2.75, 3.05) is 26.7 Å². The summed E-state index contributed by atoms with van der Waals surface area (Å²) in [5.74, 6) is 0.806. The fourth-order valence-electron chi connectivity index (χ4n) is 5.22. The minimum atomic E-state index is 0.170. The molecular weight excluding hydrogens is 512 g/mol. The molecule has 1 aliphatic heterocycles. The summed E-state index contributed by atoms with van der Waals surface area (Å²) in [5.41, 5.74) is 10.8. The van der Waals surface area contributed by atoms with Crippen molar-refractivity contribution in [1.82, 2.24) is 5.32 Å². The smallest absolute Gasteiger partial charge is 0.0550 e. The lowest BCUT2D eigenvalue weighted by Gasteiger charge is -2.26. The van der Waals surface area contributed by atoms with Crippen molar-refractivity contribution >= 4 is 17.3 Å². The van der Waals surface area contributed by atoms with Gasteiger partial charge < -0.3 is 10.1 Å². The van der Waals surface area contributed by atoms with Crippen LogP contribution in [-0.4, -0.2) is 38.6 Å². The summed E-state index contributed by atoms with van der Waals surface area (Å²) >= 11 is 6.46. The van der Waals surface area contributed by atoms with E-state index in [1.165, 1.54) is 39.0 Å². The molecule has 4 heteroatoms. The van der Waals surface area contributed by atoms with E-state index >= 15 is 0 Å². The quantitative estimate of drug-likeness (QED) is 0.112. The van der Waals surface area contributed by atoms with Crippen LogP contribution < -0.4 is 5.32 Å². The Morgan fingerprint density at radius 3 is 2.60 bits per heavy atom. The van der Waals surface area contributed by atoms with E-state index < -0.39 is 0 Å². The van der Waals surface area contributed by atoms with Gasteiger partial charge >= 0.3 is 0 Å². The topological polar surface area (TPSA) is 33.6 Å². The molecule has 1 aromatic rings. The number of benzene rings is 1. The molecule has 3 nitrogen and oxygen atoms in total. The highest BCUT2D eigenvalue weighted by Crippen LogP contribution is 2.37. The van der Waals surface area contributed by atoms with Crippen LogP contribution in [0.1, 0.15) is 90.7 Å². The zero-order chi connectivity index (χ0) is 29.8. The van der Waals surface area contributed by atoms with E-state index in [0.717, 1.165) is 68.1 Å². The number of nitrogens with zero attached hydrogens (tertiary/aromatic N) is 1. The monoisotopic (exact) mass is 564 g/mol. The number of nitrogens with one attached hydrogen (secondary N) is 1. The van der Waals surface area contributed by atoms with E-state index in [0.29, 0.717) is 5.92 Å². The van der Waals surface area contributed by atoms with Gasteiger partial charge in [0.15, 0.2) is 0 Å². The molecule has 0 spiro atoms. The second-order valence-electron chi connectivity index (χ2n) is 11.8. The first-order chi connectivity index (χ1) is 18.9. The highest BCUT2D eigenvalue weighted by atomic mass is 35.5. The lowest BCUT2D eigenvalue weighted by molar-refractivity contribution is 0.0616. The van der Waals surface area contributed by atoms with Gasteiger partial charge in [-0.05, 0) is 119 Å². The van der Waals surface area contributed by atoms with Gasteiger partial charge in [0.1, 0.15) is 0 Å². The SMILES string of the molecule is C=C(CCNCC(C)C)C/C(C(=C)C)=C(C(=CC(C)c1cc(Cl)ccc1C)/C1=C\CCOC(C)CC1)/C(C)=N\C. The summed E-state index contributed by atoms with van der Waals surface area (Å²) in [7, 11) is 1.89. The molecule has 1 aromatic carbocycles. The van der Waals surface area contributed by atoms with Gasteiger partial charge in [0.25, 0.3) is 0 Å². The number of rotatable bonds is 13. The standard InChI is InChI=1S/C36H53ClN2O/c1-24(2)23-39-18-17-26(5)20-33(25(3)4)36(30(9)38-10)35(31-12-11-19-40-29(8)14-15-31)21-28(7)34-22-32(37)16-13-27(34)6/h12-13,16,21-22,24,28-29,39H,3,5,11,14-15,17-20,23H2,1-2,4,6-10H3/b31-12-,35-21?,36-33+,38-30-. The van der Waals surface area contributed by atoms with Gasteiger partial charge in [-0.3, -0.25) is 4.99 Å². The van der Waals surface area contributed by atoms with Crippen molar-refractivity contribution in [1.29, 1.82) is 0 Å². The lowest BCUT2D eigenvalue weighted by Crippen LogP contribution is -2.21. The molecule has 0 amide bonds. The molecule has 2 atom stereocenters. The molecule has 40 heavy (non-hydrogen) atoms. The Hall–Kier alpha value is -2.20. The maximum absolute atomic E-state index is 6.46. The van der Waals surface area contributed by atoms with Crippen LogP contribution in [0.15, 0.2) is 81.9 Å². The average molecular weight is 565 g/mol. The Labute approximate surface area is 250 Å². The third kappa shape index (κ3) is 10.7. The minimum Gasteiger partial charge on any atom is -0.378 e. The van der Waals surface area contributed by atoms with E-state index in [1.807, 2.05) is 13.1 Å². The van der Waals surface area contributed by atoms with Crippen molar-refractivity contribution < 1.29 is 4.74 Å². The van der Waals surface area contributed by atoms with Crippen LogP contribution in [0.2, 0.25) is 5.02 Å². The average Bonchev–Trinajstić information content (AvgIpc) is 2.89. The molecule has 0 aliphatic carbocycles. The molecule has 0 saturated carbocycles. The molecule has 1 heterocycles. The molecule has 0 aromatic heterocycles. The normalized spacial score (nSPS) is 19.9. The number of aryl methyl sites for hydroxylation is 1. The van der Waals surface area contributed by atoms with Crippen LogP contribution in [0.3, 0.4) is 0 Å². The van der Waals surface area contributed by atoms with Gasteiger partial charge in [0.2, 0.25) is 0 Å². The highest BCUT2D eigenvalue weighted by molar-refractivity contribution is 6.30. The largest absolute Gasteiger partial charge is 0.378 e. The molecule has 0 radical (unpaired) electrons. The van der Waals surface area contributed by atoms with E-state index in [2.05, 4.69) is 91.2 Å². The van der Waals surface area contributed by atoms with Gasteiger partial charge in [-0.25, -0.2) is 0 Å². The molecule has 0 fully saturated rings.